The van der Waals surface area contributed by atoms with Crippen LogP contribution in [-0.4, -0.2) is 105 Å². The quantitative estimate of drug-likeness (QED) is 0.392. The van der Waals surface area contributed by atoms with Crippen molar-refractivity contribution in [2.24, 2.45) is 0 Å². The van der Waals surface area contributed by atoms with Gasteiger partial charge in [0.25, 0.3) is 0 Å². The van der Waals surface area contributed by atoms with E-state index in [9.17, 15) is 22.8 Å². The Morgan fingerprint density at radius 1 is 1.10 bits per heavy atom. The van der Waals surface area contributed by atoms with Crippen LogP contribution in [0.25, 0.3) is 0 Å². The number of imide groups is 1. The number of sulfone groups is 1. The highest BCUT2D eigenvalue weighted by Crippen LogP contribution is 2.21. The summed E-state index contributed by atoms with van der Waals surface area (Å²) in [5.41, 5.74) is 0. The maximum atomic E-state index is 11.0. The molecular weight excluding hydrogens is 493 g/mol. The standard InChI is InChI=1S/C6H9NO2S.C4H9NOS.C4H10O2S2.C2H6S2/c1-7-5(8)3-4(10-2)6(7)9;1-5-4(6)3-7-2;1-7-3-4-8(2,5)6;1-3-4-2/h4H,3H2,1-2H3;3H2,1-2H3,(H,5,6);3-4H2,1-2H3;1-2H3. The molecule has 1 saturated heterocycles. The lowest BCUT2D eigenvalue weighted by molar-refractivity contribution is -0.136. The SMILES string of the molecule is CNC(=O)CSC.CSC1CC(=O)N(C)C1=O.CSCCS(C)(=O)=O.CSSC. The number of nitrogens with one attached hydrogen (secondary N) is 1. The molecule has 1 unspecified atom stereocenters. The number of carbonyl (C=O) groups is 3. The Hall–Kier alpha value is 0.310. The summed E-state index contributed by atoms with van der Waals surface area (Å²) >= 11 is 4.51. The number of likely N-dealkylation sites (tertiary alicyclic amines) is 1. The van der Waals surface area contributed by atoms with E-state index < -0.39 is 9.84 Å². The molecule has 1 fully saturated rings. The van der Waals surface area contributed by atoms with Crippen LogP contribution in [0.3, 0.4) is 0 Å². The van der Waals surface area contributed by atoms with Crippen LogP contribution in [0, 0.1) is 0 Å². The summed E-state index contributed by atoms with van der Waals surface area (Å²) < 4.78 is 20.8. The van der Waals surface area contributed by atoms with Crippen LogP contribution in [0.1, 0.15) is 6.42 Å². The Labute approximate surface area is 197 Å². The molecule has 0 aromatic carbocycles. The summed E-state index contributed by atoms with van der Waals surface area (Å²) in [7, 11) is 4.01. The minimum Gasteiger partial charge on any atom is -0.358 e. The van der Waals surface area contributed by atoms with E-state index in [-0.39, 0.29) is 23.0 Å². The van der Waals surface area contributed by atoms with Gasteiger partial charge in [-0.25, -0.2) is 8.42 Å². The third-order valence-electron chi connectivity index (χ3n) is 3.00. The van der Waals surface area contributed by atoms with E-state index in [0.717, 1.165) is 0 Å². The predicted molar refractivity (Wildman–Crippen MR) is 137 cm³/mol. The molecule has 1 atom stereocenters. The number of hydrogen-bond donors (Lipinski definition) is 1. The molecule has 0 aliphatic carbocycles. The molecule has 0 aromatic rings. The van der Waals surface area contributed by atoms with Crippen molar-refractivity contribution >= 4 is 84.4 Å². The van der Waals surface area contributed by atoms with Gasteiger partial charge in [0.15, 0.2) is 0 Å². The molecule has 1 N–H and O–H groups in total. The van der Waals surface area contributed by atoms with Gasteiger partial charge in [-0.05, 0) is 31.3 Å². The second-order valence-electron chi connectivity index (χ2n) is 5.28. The van der Waals surface area contributed by atoms with Gasteiger partial charge < -0.3 is 5.32 Å². The smallest absolute Gasteiger partial charge is 0.242 e. The number of amides is 3. The third-order valence-corrected chi connectivity index (χ3v) is 7.64. The summed E-state index contributed by atoms with van der Waals surface area (Å²) in [6, 6.07) is 0. The Morgan fingerprint density at radius 3 is 1.76 bits per heavy atom. The molecule has 0 spiro atoms. The highest BCUT2D eigenvalue weighted by Gasteiger charge is 2.34. The van der Waals surface area contributed by atoms with Crippen molar-refractivity contribution in [1.82, 2.24) is 10.2 Å². The maximum absolute atomic E-state index is 11.0. The number of thioether (sulfide) groups is 3. The van der Waals surface area contributed by atoms with Gasteiger partial charge in [-0.1, -0.05) is 21.6 Å². The first-order valence-corrected chi connectivity index (χ1v) is 17.3. The molecule has 29 heavy (non-hydrogen) atoms. The van der Waals surface area contributed by atoms with Gasteiger partial charge in [0, 0.05) is 32.5 Å². The van der Waals surface area contributed by atoms with Crippen molar-refractivity contribution in [2.45, 2.75) is 11.7 Å². The van der Waals surface area contributed by atoms with Gasteiger partial charge in [-0.15, -0.1) is 0 Å². The Balaban J connectivity index is -0.000000326. The summed E-state index contributed by atoms with van der Waals surface area (Å²) in [6.07, 6.45) is 11.4. The molecule has 13 heteroatoms. The van der Waals surface area contributed by atoms with Crippen LogP contribution in [0.15, 0.2) is 0 Å². The Kier molecular flexibility index (Phi) is 25.2. The summed E-state index contributed by atoms with van der Waals surface area (Å²) in [5.74, 6) is 1.54. The fraction of sp³-hybridized carbons (Fsp3) is 0.812. The lowest BCUT2D eigenvalue weighted by Gasteiger charge is -2.04. The van der Waals surface area contributed by atoms with E-state index in [1.165, 1.54) is 41.7 Å². The molecule has 7 nitrogen and oxygen atoms in total. The first-order valence-electron chi connectivity index (χ1n) is 8.21. The number of carbonyl (C=O) groups excluding carboxylic acids is 3. The molecule has 0 bridgehead atoms. The van der Waals surface area contributed by atoms with Crippen molar-refractivity contribution in [3.05, 3.63) is 0 Å². The predicted octanol–water partition coefficient (Wildman–Crippen LogP) is 2.22. The number of hydrogen-bond acceptors (Lipinski definition) is 10. The van der Waals surface area contributed by atoms with Gasteiger partial charge in [-0.3, -0.25) is 19.3 Å². The van der Waals surface area contributed by atoms with E-state index in [2.05, 4.69) is 17.8 Å². The van der Waals surface area contributed by atoms with Gasteiger partial charge in [-0.2, -0.15) is 35.3 Å². The van der Waals surface area contributed by atoms with Crippen LogP contribution < -0.4 is 5.32 Å². The van der Waals surface area contributed by atoms with Crippen molar-refractivity contribution in [1.29, 1.82) is 0 Å². The lowest BCUT2D eigenvalue weighted by atomic mass is 10.4. The second kappa shape index (κ2) is 21.5. The average Bonchev–Trinajstić information content (AvgIpc) is 2.93. The Morgan fingerprint density at radius 2 is 1.62 bits per heavy atom. The van der Waals surface area contributed by atoms with E-state index in [1.807, 2.05) is 18.8 Å². The topological polar surface area (TPSA) is 101 Å². The van der Waals surface area contributed by atoms with Gasteiger partial charge >= 0.3 is 0 Å². The fourth-order valence-electron chi connectivity index (χ4n) is 1.34. The minimum absolute atomic E-state index is 0.0579. The summed E-state index contributed by atoms with van der Waals surface area (Å²) in [6.45, 7) is 0. The molecule has 0 aromatic heterocycles. The van der Waals surface area contributed by atoms with E-state index in [4.69, 9.17) is 0 Å². The zero-order valence-electron chi connectivity index (χ0n) is 18.3. The summed E-state index contributed by atoms with van der Waals surface area (Å²) in [5, 5.41) is 2.38. The molecule has 174 valence electrons. The zero-order chi connectivity index (χ0) is 23.5. The molecule has 1 rings (SSSR count). The van der Waals surface area contributed by atoms with Crippen molar-refractivity contribution in [3.8, 4) is 0 Å². The lowest BCUT2D eigenvalue weighted by Crippen LogP contribution is -2.26. The van der Waals surface area contributed by atoms with E-state index in [1.54, 1.807) is 40.4 Å². The van der Waals surface area contributed by atoms with E-state index >= 15 is 0 Å². The molecule has 3 amide bonds. The third kappa shape index (κ3) is 22.8. The van der Waals surface area contributed by atoms with Gasteiger partial charge in [0.2, 0.25) is 17.7 Å². The van der Waals surface area contributed by atoms with Crippen molar-refractivity contribution in [2.75, 3.05) is 68.9 Å². The van der Waals surface area contributed by atoms with Crippen LogP contribution in [-0.2, 0) is 24.2 Å². The highest BCUT2D eigenvalue weighted by molar-refractivity contribution is 8.76. The molecule has 1 aliphatic rings. The van der Waals surface area contributed by atoms with Crippen molar-refractivity contribution in [3.63, 3.8) is 0 Å². The monoisotopic (exact) mass is 526 g/mol. The average molecular weight is 527 g/mol. The molecule has 1 heterocycles. The zero-order valence-corrected chi connectivity index (χ0v) is 23.2. The largest absolute Gasteiger partial charge is 0.358 e. The van der Waals surface area contributed by atoms with Crippen LogP contribution in [0.5, 0.6) is 0 Å². The highest BCUT2D eigenvalue weighted by atomic mass is 33.1. The minimum atomic E-state index is -2.71. The fourth-order valence-corrected chi connectivity index (χ4v) is 4.30. The van der Waals surface area contributed by atoms with E-state index in [0.29, 0.717) is 23.7 Å². The van der Waals surface area contributed by atoms with Crippen LogP contribution in [0.4, 0.5) is 0 Å². The first kappa shape index (κ1) is 33.9. The summed E-state index contributed by atoms with van der Waals surface area (Å²) in [4.78, 5) is 33.4. The van der Waals surface area contributed by atoms with Gasteiger partial charge in [0.1, 0.15) is 9.84 Å². The molecular formula is C16H34N2O5S6. The normalized spacial score (nSPS) is 15.3. The maximum Gasteiger partial charge on any atom is 0.242 e. The van der Waals surface area contributed by atoms with Crippen molar-refractivity contribution < 1.29 is 22.8 Å². The first-order chi connectivity index (χ1) is 13.4. The number of nitrogens with zero attached hydrogens (tertiary/aromatic N) is 1. The number of rotatable bonds is 7. The van der Waals surface area contributed by atoms with Crippen LogP contribution in [0.2, 0.25) is 0 Å². The molecule has 1 aliphatic heterocycles. The van der Waals surface area contributed by atoms with Gasteiger partial charge in [0.05, 0.1) is 16.8 Å². The Bertz CT molecular complexity index is 558. The second-order valence-corrected chi connectivity index (χ2v) is 13.1. The molecule has 0 radical (unpaired) electrons. The molecule has 0 saturated carbocycles. The van der Waals surface area contributed by atoms with Crippen LogP contribution >= 0.6 is 56.9 Å².